The maximum atomic E-state index is 12.9. The van der Waals surface area contributed by atoms with Crippen LogP contribution in [0.5, 0.6) is 11.5 Å². The highest BCUT2D eigenvalue weighted by molar-refractivity contribution is 7.86. The van der Waals surface area contributed by atoms with Gasteiger partial charge >= 0.3 is 0 Å². The highest BCUT2D eigenvalue weighted by Crippen LogP contribution is 2.44. The van der Waals surface area contributed by atoms with Crippen LogP contribution in [0.3, 0.4) is 0 Å². The highest BCUT2D eigenvalue weighted by Gasteiger charge is 2.41. The van der Waals surface area contributed by atoms with Crippen molar-refractivity contribution in [2.24, 2.45) is 0 Å². The van der Waals surface area contributed by atoms with Crippen molar-refractivity contribution in [2.75, 3.05) is 5.73 Å². The lowest BCUT2D eigenvalue weighted by atomic mass is 9.80. The lowest BCUT2D eigenvalue weighted by molar-refractivity contribution is 0.0973. The Morgan fingerprint density at radius 3 is 1.61 bits per heavy atom. The zero-order valence-corrected chi connectivity index (χ0v) is 15.4. The van der Waals surface area contributed by atoms with E-state index in [1.54, 1.807) is 0 Å². The number of anilines is 1. The molecule has 0 bridgehead atoms. The summed E-state index contributed by atoms with van der Waals surface area (Å²) in [5, 5.41) is 20.4. The lowest BCUT2D eigenvalue weighted by Gasteiger charge is -2.23. The number of hydrogen-bond donors (Lipinski definition) is 5. The van der Waals surface area contributed by atoms with Crippen LogP contribution in [0.1, 0.15) is 37.4 Å². The van der Waals surface area contributed by atoms with Crippen LogP contribution in [-0.2, 0) is 20.2 Å². The van der Waals surface area contributed by atoms with E-state index in [2.05, 4.69) is 0 Å². The molecule has 2 aromatic carbocycles. The fourth-order valence-electron chi connectivity index (χ4n) is 3.07. The van der Waals surface area contributed by atoms with Gasteiger partial charge in [0.05, 0.1) is 16.7 Å². The molecule has 13 heteroatoms. The summed E-state index contributed by atoms with van der Waals surface area (Å²) in [6, 6.07) is 1.27. The van der Waals surface area contributed by atoms with Crippen molar-refractivity contribution >= 4 is 37.5 Å². The number of hydrogen-bond acceptors (Lipinski definition) is 9. The molecular weight excluding hydrogens is 418 g/mol. The van der Waals surface area contributed by atoms with Gasteiger partial charge in [0.15, 0.2) is 5.78 Å². The molecule has 11 nitrogen and oxygen atoms in total. The van der Waals surface area contributed by atoms with Gasteiger partial charge in [-0.25, -0.2) is 0 Å². The topological polar surface area (TPSA) is 209 Å². The molecule has 0 aromatic heterocycles. The van der Waals surface area contributed by atoms with Gasteiger partial charge in [0, 0.05) is 11.3 Å². The predicted octanol–water partition coefficient (Wildman–Crippen LogP) is 0.257. The van der Waals surface area contributed by atoms with Crippen LogP contribution in [0.2, 0.25) is 0 Å². The first-order chi connectivity index (χ1) is 12.7. The van der Waals surface area contributed by atoms with Crippen molar-refractivity contribution in [2.45, 2.75) is 16.7 Å². The van der Waals surface area contributed by atoms with Gasteiger partial charge < -0.3 is 15.9 Å². The zero-order valence-electron chi connectivity index (χ0n) is 13.8. The Kier molecular flexibility index (Phi) is 4.05. The van der Waals surface area contributed by atoms with E-state index in [9.17, 15) is 45.7 Å². The molecule has 0 fully saturated rings. The summed E-state index contributed by atoms with van der Waals surface area (Å²) in [6.07, 6.45) is 0. The SMILES string of the molecule is Cc1cc(S(=O)(=O)O)c(O)c2c1C(=O)c1c(O)c(S(=O)(=O)O)cc(N)c1C2=O. The lowest BCUT2D eigenvalue weighted by Crippen LogP contribution is -2.25. The third-order valence-electron chi connectivity index (χ3n) is 4.22. The summed E-state index contributed by atoms with van der Waals surface area (Å²) < 4.78 is 64.1. The molecule has 3 rings (SSSR count). The Bertz CT molecular complexity index is 1220. The van der Waals surface area contributed by atoms with Crippen molar-refractivity contribution in [3.05, 3.63) is 39.9 Å². The van der Waals surface area contributed by atoms with E-state index < -0.39 is 81.0 Å². The molecule has 2 aromatic rings. The zero-order chi connectivity index (χ0) is 21.3. The first-order valence-electron chi connectivity index (χ1n) is 7.24. The van der Waals surface area contributed by atoms with Crippen LogP contribution in [0.15, 0.2) is 21.9 Å². The molecule has 1 aliphatic carbocycles. The standard InChI is InChI=1S/C15H11NO10S2/c1-4-2-6(27(21,22)23)12(17)10-8(4)14(19)11-9(15(10)20)5(16)3-7(13(11)18)28(24,25)26/h2-3,17-18H,16H2,1H3,(H,21,22,23)(H,24,25,26). The van der Waals surface area contributed by atoms with Crippen LogP contribution < -0.4 is 5.73 Å². The molecule has 0 spiro atoms. The minimum absolute atomic E-state index is 0.167. The monoisotopic (exact) mass is 429 g/mol. The number of nitrogens with two attached hydrogens (primary N) is 1. The number of aromatic hydroxyl groups is 2. The van der Waals surface area contributed by atoms with Crippen LogP contribution in [0.4, 0.5) is 5.69 Å². The number of phenols is 2. The Morgan fingerprint density at radius 2 is 1.14 bits per heavy atom. The van der Waals surface area contributed by atoms with Crippen molar-refractivity contribution in [1.82, 2.24) is 0 Å². The van der Waals surface area contributed by atoms with E-state index in [4.69, 9.17) is 5.73 Å². The number of carbonyl (C=O) groups excluding carboxylic acids is 2. The van der Waals surface area contributed by atoms with Gasteiger partial charge in [-0.2, -0.15) is 16.8 Å². The van der Waals surface area contributed by atoms with E-state index in [-0.39, 0.29) is 5.56 Å². The van der Waals surface area contributed by atoms with Crippen molar-refractivity contribution in [3.8, 4) is 11.5 Å². The second-order valence-corrected chi connectivity index (χ2v) is 8.74. The maximum absolute atomic E-state index is 12.9. The first-order valence-corrected chi connectivity index (χ1v) is 10.1. The largest absolute Gasteiger partial charge is 0.506 e. The number of aryl methyl sites for hydroxylation is 1. The van der Waals surface area contributed by atoms with Crippen molar-refractivity contribution in [1.29, 1.82) is 0 Å². The van der Waals surface area contributed by atoms with Gasteiger partial charge in [0.2, 0.25) is 5.78 Å². The molecule has 0 atom stereocenters. The molecule has 0 saturated carbocycles. The Morgan fingerprint density at radius 1 is 0.750 bits per heavy atom. The summed E-state index contributed by atoms with van der Waals surface area (Å²) in [5.41, 5.74) is 2.01. The number of rotatable bonds is 2. The molecule has 0 saturated heterocycles. The summed E-state index contributed by atoms with van der Waals surface area (Å²) in [4.78, 5) is 23.6. The maximum Gasteiger partial charge on any atom is 0.298 e. The minimum atomic E-state index is -5.01. The third kappa shape index (κ3) is 2.63. The van der Waals surface area contributed by atoms with Crippen LogP contribution >= 0.6 is 0 Å². The van der Waals surface area contributed by atoms with Gasteiger partial charge in [-0.1, -0.05) is 0 Å². The summed E-state index contributed by atoms with van der Waals surface area (Å²) in [6.45, 7) is 1.19. The number of benzene rings is 2. The summed E-state index contributed by atoms with van der Waals surface area (Å²) >= 11 is 0. The number of phenolic OH excluding ortho intramolecular Hbond substituents is 2. The minimum Gasteiger partial charge on any atom is -0.506 e. The molecule has 1 aliphatic rings. The molecule has 148 valence electrons. The number of fused-ring (bicyclic) bond motifs is 2. The van der Waals surface area contributed by atoms with E-state index in [0.717, 1.165) is 6.07 Å². The molecule has 6 N–H and O–H groups in total. The predicted molar refractivity (Wildman–Crippen MR) is 91.9 cm³/mol. The Labute approximate surface area is 157 Å². The van der Waals surface area contributed by atoms with Gasteiger partial charge in [-0.05, 0) is 24.6 Å². The van der Waals surface area contributed by atoms with E-state index >= 15 is 0 Å². The van der Waals surface area contributed by atoms with E-state index in [1.165, 1.54) is 6.92 Å². The number of carbonyl (C=O) groups is 2. The van der Waals surface area contributed by atoms with Crippen LogP contribution in [-0.4, -0.2) is 47.7 Å². The van der Waals surface area contributed by atoms with Crippen LogP contribution in [0, 0.1) is 6.92 Å². The summed E-state index contributed by atoms with van der Waals surface area (Å²) in [5.74, 6) is -4.77. The molecular formula is C15H11NO10S2. The summed E-state index contributed by atoms with van der Waals surface area (Å²) in [7, 11) is -9.97. The molecule has 0 heterocycles. The fourth-order valence-corrected chi connectivity index (χ4v) is 4.36. The molecule has 0 amide bonds. The molecule has 28 heavy (non-hydrogen) atoms. The smallest absolute Gasteiger partial charge is 0.298 e. The van der Waals surface area contributed by atoms with Gasteiger partial charge in [-0.3, -0.25) is 18.7 Å². The molecule has 0 radical (unpaired) electrons. The van der Waals surface area contributed by atoms with Gasteiger partial charge in [0.25, 0.3) is 20.2 Å². The average Bonchev–Trinajstić information content (AvgIpc) is 2.53. The Balaban J connectivity index is 2.50. The fraction of sp³-hybridized carbons (Fsp3) is 0.0667. The number of nitrogen functional groups attached to an aromatic ring is 1. The quantitative estimate of drug-likeness (QED) is 0.212. The van der Waals surface area contributed by atoms with Crippen LogP contribution in [0.25, 0.3) is 0 Å². The second kappa shape index (κ2) is 5.75. The number of ketones is 2. The molecule has 0 aliphatic heterocycles. The van der Waals surface area contributed by atoms with E-state index in [1.807, 2.05) is 0 Å². The Hall–Kier alpha value is -3.00. The van der Waals surface area contributed by atoms with Gasteiger partial charge in [-0.15, -0.1) is 0 Å². The highest BCUT2D eigenvalue weighted by atomic mass is 32.2. The third-order valence-corrected chi connectivity index (χ3v) is 5.96. The second-order valence-electron chi connectivity index (χ2n) is 5.96. The van der Waals surface area contributed by atoms with Gasteiger partial charge in [0.1, 0.15) is 21.3 Å². The normalized spacial score (nSPS) is 14.0. The van der Waals surface area contributed by atoms with E-state index in [0.29, 0.717) is 6.07 Å². The van der Waals surface area contributed by atoms with Crippen molar-refractivity contribution < 1.29 is 45.7 Å². The van der Waals surface area contributed by atoms with Crippen molar-refractivity contribution in [3.63, 3.8) is 0 Å². The average molecular weight is 429 g/mol. The molecule has 0 unspecified atom stereocenters. The first kappa shape index (κ1) is 19.8.